The number of nitrogens with one attached hydrogen (secondary N) is 1. The van der Waals surface area contributed by atoms with E-state index >= 15 is 0 Å². The van der Waals surface area contributed by atoms with Gasteiger partial charge in [-0.3, -0.25) is 4.90 Å². The molecule has 3 heterocycles. The van der Waals surface area contributed by atoms with E-state index in [0.717, 1.165) is 47.2 Å². The number of urea groups is 1. The molecule has 1 N–H and O–H groups in total. The second kappa shape index (κ2) is 14.0. The molecule has 2 amide bonds. The van der Waals surface area contributed by atoms with Crippen molar-refractivity contribution < 1.29 is 19.0 Å². The minimum atomic E-state index is -0.0106. The molecular formula is C32H46N6O4. The highest BCUT2D eigenvalue weighted by Crippen LogP contribution is 2.36. The van der Waals surface area contributed by atoms with Crippen LogP contribution in [0.3, 0.4) is 0 Å². The maximum absolute atomic E-state index is 13.3. The van der Waals surface area contributed by atoms with Gasteiger partial charge in [-0.25, -0.2) is 9.79 Å². The number of hydrogen-bond acceptors (Lipinski definition) is 8. The van der Waals surface area contributed by atoms with Crippen molar-refractivity contribution >= 4 is 23.2 Å². The van der Waals surface area contributed by atoms with Crippen LogP contribution in [0.25, 0.3) is 0 Å². The molecule has 2 aromatic rings. The molecular weight excluding hydrogens is 532 g/mol. The number of methoxy groups -OCH3 is 1. The Morgan fingerprint density at radius 3 is 2.43 bits per heavy atom. The standard InChI is InChI=1S/C32H46N6O4/c1-24(2)42-26-11-9-25(10-12-26)35(3)32(39)38-18-16-37(17-19-38)31-27-21-29(40-4)30(22-28(27)33-23-34-31)41-20-8-15-36-13-6-5-7-14-36/h9-12,21-22,24,33H,5-8,13-20,23H2,1-4H3. The van der Waals surface area contributed by atoms with E-state index in [-0.39, 0.29) is 12.1 Å². The lowest BCUT2D eigenvalue weighted by molar-refractivity contribution is 0.176. The van der Waals surface area contributed by atoms with E-state index in [2.05, 4.69) is 15.1 Å². The van der Waals surface area contributed by atoms with Crippen LogP contribution < -0.4 is 24.4 Å². The van der Waals surface area contributed by atoms with Gasteiger partial charge in [-0.15, -0.1) is 0 Å². The molecule has 42 heavy (non-hydrogen) atoms. The Labute approximate surface area is 250 Å². The largest absolute Gasteiger partial charge is 0.493 e. The van der Waals surface area contributed by atoms with Crippen LogP contribution in [0.15, 0.2) is 41.4 Å². The summed E-state index contributed by atoms with van der Waals surface area (Å²) in [6.45, 7) is 11.3. The van der Waals surface area contributed by atoms with Gasteiger partial charge in [0.1, 0.15) is 18.3 Å². The number of aliphatic imine (C=N–C) groups is 1. The summed E-state index contributed by atoms with van der Waals surface area (Å²) in [5.74, 6) is 3.20. The molecule has 0 radical (unpaired) electrons. The van der Waals surface area contributed by atoms with Crippen molar-refractivity contribution in [3.8, 4) is 17.2 Å². The Bertz CT molecular complexity index is 1220. The van der Waals surface area contributed by atoms with E-state index in [1.165, 1.54) is 32.4 Å². The highest BCUT2D eigenvalue weighted by Gasteiger charge is 2.29. The molecule has 3 aliphatic rings. The number of carbonyl (C=O) groups excluding carboxylic acids is 1. The quantitative estimate of drug-likeness (QED) is 0.431. The number of benzene rings is 2. The van der Waals surface area contributed by atoms with Gasteiger partial charge in [-0.05, 0) is 76.5 Å². The normalized spacial score (nSPS) is 17.3. The number of piperazine rings is 1. The van der Waals surface area contributed by atoms with Crippen molar-refractivity contribution in [2.75, 3.05) is 83.5 Å². The maximum atomic E-state index is 13.3. The van der Waals surface area contributed by atoms with Crippen molar-refractivity contribution in [3.63, 3.8) is 0 Å². The molecule has 0 atom stereocenters. The first-order chi connectivity index (χ1) is 20.4. The van der Waals surface area contributed by atoms with Crippen molar-refractivity contribution in [3.05, 3.63) is 42.0 Å². The number of rotatable bonds is 9. The smallest absolute Gasteiger partial charge is 0.324 e. The number of ether oxygens (including phenoxy) is 3. The third-order valence-corrected chi connectivity index (χ3v) is 8.10. The first-order valence-corrected chi connectivity index (χ1v) is 15.3. The fraction of sp³-hybridized carbons (Fsp3) is 0.562. The number of carbonyl (C=O) groups is 1. The van der Waals surface area contributed by atoms with Gasteiger partial charge in [-0.2, -0.15) is 0 Å². The number of amidine groups is 1. The highest BCUT2D eigenvalue weighted by atomic mass is 16.5. The number of nitrogens with zero attached hydrogens (tertiary/aromatic N) is 5. The van der Waals surface area contributed by atoms with E-state index in [9.17, 15) is 4.79 Å². The van der Waals surface area contributed by atoms with Crippen molar-refractivity contribution in [1.29, 1.82) is 0 Å². The molecule has 2 fully saturated rings. The van der Waals surface area contributed by atoms with Gasteiger partial charge in [-0.1, -0.05) is 6.42 Å². The van der Waals surface area contributed by atoms with Crippen LogP contribution >= 0.6 is 0 Å². The van der Waals surface area contributed by atoms with E-state index in [4.69, 9.17) is 19.2 Å². The first-order valence-electron chi connectivity index (χ1n) is 15.3. The maximum Gasteiger partial charge on any atom is 0.324 e. The lowest BCUT2D eigenvalue weighted by atomic mass is 10.1. The summed E-state index contributed by atoms with van der Waals surface area (Å²) in [4.78, 5) is 26.5. The molecule has 0 bridgehead atoms. The molecule has 10 nitrogen and oxygen atoms in total. The van der Waals surface area contributed by atoms with Gasteiger partial charge in [0, 0.05) is 57.1 Å². The van der Waals surface area contributed by atoms with Gasteiger partial charge >= 0.3 is 6.03 Å². The predicted octanol–water partition coefficient (Wildman–Crippen LogP) is 4.74. The van der Waals surface area contributed by atoms with Gasteiger partial charge in [0.25, 0.3) is 0 Å². The summed E-state index contributed by atoms with van der Waals surface area (Å²) in [5.41, 5.74) is 2.83. The Balaban J connectivity index is 1.17. The van der Waals surface area contributed by atoms with Crippen LogP contribution in [0, 0.1) is 0 Å². The minimum absolute atomic E-state index is 0.0106. The highest BCUT2D eigenvalue weighted by molar-refractivity contribution is 6.05. The molecule has 10 heteroatoms. The predicted molar refractivity (Wildman–Crippen MR) is 168 cm³/mol. The zero-order valence-electron chi connectivity index (χ0n) is 25.6. The number of fused-ring (bicyclic) bond motifs is 1. The molecule has 0 aromatic heterocycles. The molecule has 228 valence electrons. The summed E-state index contributed by atoms with van der Waals surface area (Å²) < 4.78 is 17.7. The summed E-state index contributed by atoms with van der Waals surface area (Å²) in [6.07, 6.45) is 5.07. The zero-order valence-corrected chi connectivity index (χ0v) is 25.6. The van der Waals surface area contributed by atoms with Crippen LogP contribution in [0.1, 0.15) is 45.1 Å². The zero-order chi connectivity index (χ0) is 29.5. The van der Waals surface area contributed by atoms with Crippen molar-refractivity contribution in [2.24, 2.45) is 4.99 Å². The van der Waals surface area contributed by atoms with Gasteiger partial charge in [0.05, 0.1) is 25.5 Å². The molecule has 5 rings (SSSR count). The van der Waals surface area contributed by atoms with Gasteiger partial charge in [0.2, 0.25) is 0 Å². The molecule has 0 saturated carbocycles. The molecule has 3 aliphatic heterocycles. The fourth-order valence-electron chi connectivity index (χ4n) is 5.82. The topological polar surface area (TPSA) is 82.1 Å². The number of anilines is 2. The average molecular weight is 579 g/mol. The Hall–Kier alpha value is -3.66. The third-order valence-electron chi connectivity index (χ3n) is 8.10. The molecule has 0 unspecified atom stereocenters. The van der Waals surface area contributed by atoms with E-state index in [1.807, 2.05) is 62.2 Å². The monoisotopic (exact) mass is 578 g/mol. The van der Waals surface area contributed by atoms with E-state index in [1.54, 1.807) is 12.0 Å². The van der Waals surface area contributed by atoms with Crippen molar-refractivity contribution in [2.45, 2.75) is 45.6 Å². The van der Waals surface area contributed by atoms with Gasteiger partial charge in [0.15, 0.2) is 11.5 Å². The van der Waals surface area contributed by atoms with Crippen LogP contribution in [-0.4, -0.2) is 106 Å². The second-order valence-electron chi connectivity index (χ2n) is 11.4. The Kier molecular flexibility index (Phi) is 9.94. The average Bonchev–Trinajstić information content (AvgIpc) is 3.02. The number of hydrogen-bond donors (Lipinski definition) is 1. The lowest BCUT2D eigenvalue weighted by Gasteiger charge is -2.39. The molecule has 2 aromatic carbocycles. The van der Waals surface area contributed by atoms with Crippen LogP contribution in [0.2, 0.25) is 0 Å². The van der Waals surface area contributed by atoms with Crippen LogP contribution in [0.5, 0.6) is 17.2 Å². The fourth-order valence-corrected chi connectivity index (χ4v) is 5.82. The van der Waals surface area contributed by atoms with Crippen LogP contribution in [-0.2, 0) is 0 Å². The number of amides is 2. The summed E-state index contributed by atoms with van der Waals surface area (Å²) in [7, 11) is 3.50. The number of piperidine rings is 1. The molecule has 2 saturated heterocycles. The number of likely N-dealkylation sites (tertiary alicyclic amines) is 1. The third kappa shape index (κ3) is 7.21. The Morgan fingerprint density at radius 1 is 1.00 bits per heavy atom. The molecule has 0 spiro atoms. The van der Waals surface area contributed by atoms with Gasteiger partial charge < -0.3 is 34.2 Å². The summed E-state index contributed by atoms with van der Waals surface area (Å²) >= 11 is 0. The summed E-state index contributed by atoms with van der Waals surface area (Å²) in [5, 5.41) is 3.40. The SMILES string of the molecule is COc1cc2c(cc1OCCCN1CCCCC1)NCN=C2N1CCN(C(=O)N(C)c2ccc(OC(C)C)cc2)CC1. The minimum Gasteiger partial charge on any atom is -0.493 e. The van der Waals surface area contributed by atoms with E-state index < -0.39 is 0 Å². The van der Waals surface area contributed by atoms with Crippen LogP contribution in [0.4, 0.5) is 16.2 Å². The lowest BCUT2D eigenvalue weighted by Crippen LogP contribution is -2.54. The Morgan fingerprint density at radius 2 is 1.74 bits per heavy atom. The summed E-state index contributed by atoms with van der Waals surface area (Å²) in [6, 6.07) is 11.7. The van der Waals surface area contributed by atoms with E-state index in [0.29, 0.717) is 45.2 Å². The molecule has 0 aliphatic carbocycles. The second-order valence-corrected chi connectivity index (χ2v) is 11.4. The van der Waals surface area contributed by atoms with Crippen molar-refractivity contribution in [1.82, 2.24) is 14.7 Å². The first kappa shape index (κ1) is 29.8.